The van der Waals surface area contributed by atoms with Crippen LogP contribution in [0.1, 0.15) is 22.3 Å². The summed E-state index contributed by atoms with van der Waals surface area (Å²) < 4.78 is 2.18. The molecule has 0 aliphatic rings. The largest absolute Gasteiger partial charge is 0.308 e. The molecule has 7 aromatic carbocycles. The third-order valence-corrected chi connectivity index (χ3v) is 11.1. The number of hydrogen-bond acceptors (Lipinski definition) is 8. The molecular weight excluding hydrogens is 775 g/mol. The summed E-state index contributed by atoms with van der Waals surface area (Å²) in [6.07, 6.45) is 3.53. The number of fused-ring (bicyclic) bond motifs is 3. The summed E-state index contributed by atoms with van der Waals surface area (Å²) in [6.45, 7) is 0. The molecule has 0 atom stereocenters. The molecule has 290 valence electrons. The van der Waals surface area contributed by atoms with Gasteiger partial charge in [0.1, 0.15) is 0 Å². The number of nitrogens with zero attached hydrogens (tertiary/aromatic N) is 9. The lowest BCUT2D eigenvalue weighted by molar-refractivity contribution is 1.06. The summed E-state index contributed by atoms with van der Waals surface area (Å²) in [4.78, 5) is 19.7. The predicted octanol–water partition coefficient (Wildman–Crippen LogP) is 11.9. The lowest BCUT2D eigenvalue weighted by atomic mass is 9.96. The maximum atomic E-state index is 10.2. The van der Waals surface area contributed by atoms with Gasteiger partial charge in [0, 0.05) is 39.9 Å². The average Bonchev–Trinajstić information content (AvgIpc) is 3.69. The number of benzene rings is 7. The van der Waals surface area contributed by atoms with Crippen LogP contribution in [0.5, 0.6) is 0 Å². The van der Waals surface area contributed by atoms with Crippen molar-refractivity contribution in [2.45, 2.75) is 0 Å². The maximum Gasteiger partial charge on any atom is 0.166 e. The Hall–Kier alpha value is -9.54. The van der Waals surface area contributed by atoms with Gasteiger partial charge in [0.2, 0.25) is 0 Å². The molecule has 3 aromatic heterocycles. The molecule has 0 saturated carbocycles. The maximum absolute atomic E-state index is 10.2. The highest BCUT2D eigenvalue weighted by atomic mass is 15.1. The zero-order valence-electron chi connectivity index (χ0n) is 33.3. The summed E-state index contributed by atoms with van der Waals surface area (Å²) in [5.74, 6) is 1.48. The van der Waals surface area contributed by atoms with E-state index in [1.807, 2.05) is 97.1 Å². The van der Waals surface area contributed by atoms with E-state index in [0.717, 1.165) is 66.4 Å². The van der Waals surface area contributed by atoms with Crippen molar-refractivity contribution in [1.82, 2.24) is 24.5 Å². The standard InChI is InChI=1S/C54H29N9/c55-30-34-11-16-44(42(25-34)32-57)40-13-18-46-47-19-14-41(45-17-12-35(31-56)26-43(45)33-58)29-51(47)63(50(46)28-40)49-20-15-39(36-21-23-59-24-22-36)27-48(49)54-61-52(37-7-3-1-4-8-37)60-53(62-54)38-9-5-2-6-10-38/h1-29H. The van der Waals surface area contributed by atoms with Gasteiger partial charge in [0.25, 0.3) is 0 Å². The summed E-state index contributed by atoms with van der Waals surface area (Å²) in [5, 5.41) is 41.6. The molecule has 3 heterocycles. The zero-order valence-corrected chi connectivity index (χ0v) is 33.3. The Morgan fingerprint density at radius 2 is 0.857 bits per heavy atom. The Morgan fingerprint density at radius 1 is 0.365 bits per heavy atom. The Balaban J connectivity index is 1.31. The van der Waals surface area contributed by atoms with E-state index < -0.39 is 0 Å². The second-order valence-electron chi connectivity index (χ2n) is 14.8. The third kappa shape index (κ3) is 6.87. The molecule has 0 aliphatic carbocycles. The number of nitriles is 4. The van der Waals surface area contributed by atoms with Crippen LogP contribution in [0.2, 0.25) is 0 Å². The smallest absolute Gasteiger partial charge is 0.166 e. The minimum atomic E-state index is 0.387. The van der Waals surface area contributed by atoms with E-state index in [9.17, 15) is 21.0 Å². The molecule has 9 nitrogen and oxygen atoms in total. The van der Waals surface area contributed by atoms with E-state index in [-0.39, 0.29) is 0 Å². The lowest BCUT2D eigenvalue weighted by Gasteiger charge is -2.17. The second kappa shape index (κ2) is 15.9. The van der Waals surface area contributed by atoms with E-state index in [2.05, 4.69) is 76.3 Å². The van der Waals surface area contributed by atoms with Crippen LogP contribution in [0, 0.1) is 45.3 Å². The molecule has 0 fully saturated rings. The predicted molar refractivity (Wildman–Crippen MR) is 243 cm³/mol. The summed E-state index contributed by atoms with van der Waals surface area (Å²) in [5.41, 5.74) is 11.3. The van der Waals surface area contributed by atoms with Crippen LogP contribution in [-0.2, 0) is 0 Å². The summed E-state index contributed by atoms with van der Waals surface area (Å²) in [6, 6.07) is 61.2. The molecule has 0 N–H and O–H groups in total. The van der Waals surface area contributed by atoms with Gasteiger partial charge in [0.15, 0.2) is 17.5 Å². The van der Waals surface area contributed by atoms with Gasteiger partial charge < -0.3 is 4.57 Å². The molecule has 0 unspecified atom stereocenters. The first-order valence-electron chi connectivity index (χ1n) is 19.9. The van der Waals surface area contributed by atoms with Gasteiger partial charge in [0.05, 0.1) is 63.3 Å². The first-order valence-corrected chi connectivity index (χ1v) is 19.9. The molecule has 0 saturated heterocycles. The number of rotatable bonds is 7. The van der Waals surface area contributed by atoms with Crippen LogP contribution in [0.15, 0.2) is 176 Å². The van der Waals surface area contributed by atoms with Crippen LogP contribution in [-0.4, -0.2) is 24.5 Å². The van der Waals surface area contributed by atoms with Crippen LogP contribution < -0.4 is 0 Å². The van der Waals surface area contributed by atoms with Gasteiger partial charge in [-0.2, -0.15) is 21.0 Å². The Morgan fingerprint density at radius 3 is 1.35 bits per heavy atom. The highest BCUT2D eigenvalue weighted by Crippen LogP contribution is 2.41. The normalized spacial score (nSPS) is 10.8. The highest BCUT2D eigenvalue weighted by Gasteiger charge is 2.22. The zero-order chi connectivity index (χ0) is 42.9. The van der Waals surface area contributed by atoms with Gasteiger partial charge in [-0.15, -0.1) is 0 Å². The average molecular weight is 804 g/mol. The SMILES string of the molecule is N#Cc1ccc(-c2ccc3c4ccc(-c5ccc(C#N)cc5C#N)cc4n(-c4ccc(-c5ccncc5)cc4-c4nc(-c5ccccc5)nc(-c5ccccc5)n4)c3c2)c(C#N)c1. The molecule has 0 aliphatic heterocycles. The first kappa shape index (κ1) is 37.7. The molecule has 0 spiro atoms. The van der Waals surface area contributed by atoms with Crippen molar-refractivity contribution in [2.24, 2.45) is 0 Å². The number of hydrogen-bond donors (Lipinski definition) is 0. The van der Waals surface area contributed by atoms with Crippen molar-refractivity contribution >= 4 is 21.8 Å². The fourth-order valence-electron chi connectivity index (χ4n) is 8.09. The quantitative estimate of drug-likeness (QED) is 0.154. The van der Waals surface area contributed by atoms with E-state index >= 15 is 0 Å². The van der Waals surface area contributed by atoms with Crippen molar-refractivity contribution in [3.8, 4) is 97.5 Å². The van der Waals surface area contributed by atoms with Crippen molar-refractivity contribution < 1.29 is 0 Å². The van der Waals surface area contributed by atoms with Crippen LogP contribution in [0.25, 0.3) is 95.0 Å². The van der Waals surface area contributed by atoms with Crippen molar-refractivity contribution in [2.75, 3.05) is 0 Å². The van der Waals surface area contributed by atoms with Crippen LogP contribution in [0.4, 0.5) is 0 Å². The number of aromatic nitrogens is 5. The molecular formula is C54H29N9. The Kier molecular flexibility index (Phi) is 9.52. The van der Waals surface area contributed by atoms with E-state index in [4.69, 9.17) is 15.0 Å². The van der Waals surface area contributed by atoms with Crippen molar-refractivity contribution in [3.63, 3.8) is 0 Å². The molecule has 0 bridgehead atoms. The molecule has 0 amide bonds. The van der Waals surface area contributed by atoms with E-state index in [0.29, 0.717) is 50.9 Å². The minimum Gasteiger partial charge on any atom is -0.308 e. The van der Waals surface area contributed by atoms with Gasteiger partial charge in [-0.1, -0.05) is 103 Å². The van der Waals surface area contributed by atoms with E-state index in [1.165, 1.54) is 0 Å². The molecule has 9 heteroatoms. The third-order valence-electron chi connectivity index (χ3n) is 11.1. The number of pyridine rings is 1. The molecule has 63 heavy (non-hydrogen) atoms. The van der Waals surface area contributed by atoms with Gasteiger partial charge in [-0.3, -0.25) is 4.98 Å². The van der Waals surface area contributed by atoms with Gasteiger partial charge in [-0.25, -0.2) is 15.0 Å². The molecule has 10 rings (SSSR count). The summed E-state index contributed by atoms with van der Waals surface area (Å²) in [7, 11) is 0. The monoisotopic (exact) mass is 803 g/mol. The van der Waals surface area contributed by atoms with Crippen LogP contribution in [0.3, 0.4) is 0 Å². The fourth-order valence-corrected chi connectivity index (χ4v) is 8.09. The lowest BCUT2D eigenvalue weighted by Crippen LogP contribution is -2.04. The Labute approximate surface area is 362 Å². The van der Waals surface area contributed by atoms with Crippen molar-refractivity contribution in [3.05, 3.63) is 198 Å². The van der Waals surface area contributed by atoms with Crippen LogP contribution >= 0.6 is 0 Å². The highest BCUT2D eigenvalue weighted by molar-refractivity contribution is 6.12. The summed E-state index contributed by atoms with van der Waals surface area (Å²) >= 11 is 0. The fraction of sp³-hybridized carbons (Fsp3) is 0. The molecule has 10 aromatic rings. The van der Waals surface area contributed by atoms with Gasteiger partial charge in [-0.05, 0) is 94.0 Å². The Bertz CT molecular complexity index is 3420. The minimum absolute atomic E-state index is 0.387. The molecule has 0 radical (unpaired) electrons. The first-order chi connectivity index (χ1) is 31.0. The van der Waals surface area contributed by atoms with Gasteiger partial charge >= 0.3 is 0 Å². The second-order valence-corrected chi connectivity index (χ2v) is 14.8. The van der Waals surface area contributed by atoms with Crippen molar-refractivity contribution in [1.29, 1.82) is 21.0 Å². The van der Waals surface area contributed by atoms with E-state index in [1.54, 1.807) is 36.7 Å². The topological polar surface area (TPSA) is 152 Å².